The van der Waals surface area contributed by atoms with Gasteiger partial charge in [-0.3, -0.25) is 19.2 Å². The van der Waals surface area contributed by atoms with E-state index in [1.807, 2.05) is 0 Å². The van der Waals surface area contributed by atoms with E-state index in [1.54, 1.807) is 36.4 Å². The van der Waals surface area contributed by atoms with Gasteiger partial charge in [-0.2, -0.15) is 0 Å². The Balaban J connectivity index is 0.000000673. The third kappa shape index (κ3) is 20.1. The molecule has 0 saturated heterocycles. The number of nitrogens with two attached hydrogens (primary N) is 1. The summed E-state index contributed by atoms with van der Waals surface area (Å²) >= 11 is 0. The van der Waals surface area contributed by atoms with Crippen LogP contribution in [0.3, 0.4) is 0 Å². The molecule has 2 heterocycles. The first kappa shape index (κ1) is 45.4. The summed E-state index contributed by atoms with van der Waals surface area (Å²) in [4.78, 5) is 84.4. The van der Waals surface area contributed by atoms with Crippen LogP contribution in [-0.4, -0.2) is 62.9 Å². The monoisotopic (exact) mass is 727 g/mol. The number of rotatable bonds is 5. The minimum absolute atomic E-state index is 0. The number of anilines is 3. The fraction of sp³-hybridized carbons (Fsp3) is 0.0588. The number of phenols is 2. The van der Waals surface area contributed by atoms with Gasteiger partial charge in [-0.05, 0) is 79.7 Å². The molecule has 0 saturated carbocycles. The molecule has 6 N–H and O–H groups in total. The zero-order valence-electron chi connectivity index (χ0n) is 27.7. The van der Waals surface area contributed by atoms with Crippen molar-refractivity contribution in [1.82, 2.24) is 0 Å². The van der Waals surface area contributed by atoms with Crippen molar-refractivity contribution in [2.45, 2.75) is 13.8 Å². The van der Waals surface area contributed by atoms with E-state index in [0.29, 0.717) is 22.8 Å². The maximum absolute atomic E-state index is 11.4. The number of benzene rings is 3. The molecule has 3 aromatic carbocycles. The molecule has 18 heteroatoms. The first-order valence-electron chi connectivity index (χ1n) is 14.0. The van der Waals surface area contributed by atoms with Gasteiger partial charge in [0.1, 0.15) is 17.2 Å². The van der Waals surface area contributed by atoms with Crippen LogP contribution in [0.1, 0.15) is 13.8 Å². The van der Waals surface area contributed by atoms with E-state index >= 15 is 0 Å². The summed E-state index contributed by atoms with van der Waals surface area (Å²) in [6.07, 6.45) is 6.25. The van der Waals surface area contributed by atoms with Crippen LogP contribution in [0.4, 0.5) is 17.1 Å². The summed E-state index contributed by atoms with van der Waals surface area (Å²) < 4.78 is 8.81. The van der Waals surface area contributed by atoms with Gasteiger partial charge in [-0.15, -0.1) is 0 Å². The van der Waals surface area contributed by atoms with Crippen LogP contribution in [-0.2, 0) is 43.1 Å². The van der Waals surface area contributed by atoms with E-state index in [-0.39, 0.29) is 52.9 Å². The fourth-order valence-electron chi connectivity index (χ4n) is 3.14. The number of nitrogen functional groups attached to an aromatic ring is 1. The number of carboxylic acids is 2. The van der Waals surface area contributed by atoms with Crippen molar-refractivity contribution >= 4 is 64.6 Å². The number of carbonyl (C=O) groups is 8. The van der Waals surface area contributed by atoms with Crippen LogP contribution in [0.5, 0.6) is 17.2 Å². The van der Waals surface area contributed by atoms with Gasteiger partial charge in [-0.1, -0.05) is 0 Å². The number of carboxylic acid groups (broad SMARTS) is 2. The second-order valence-electron chi connectivity index (χ2n) is 9.30. The topological polar surface area (TPSA) is 280 Å². The molecule has 2 aliphatic rings. The van der Waals surface area contributed by atoms with Crippen LogP contribution < -0.4 is 55.4 Å². The molecule has 52 heavy (non-hydrogen) atoms. The van der Waals surface area contributed by atoms with Crippen molar-refractivity contribution in [2.75, 3.05) is 16.0 Å². The normalized spacial score (nSPS) is 11.8. The Kier molecular flexibility index (Phi) is 20.7. The molecular weight excluding hydrogens is 697 g/mol. The number of carbonyl (C=O) groups excluding carboxylic acids is 7. The number of aromatic hydroxyl groups is 2. The molecule has 0 aromatic heterocycles. The van der Waals surface area contributed by atoms with Gasteiger partial charge in [0.05, 0.1) is 5.69 Å². The molecule has 5 rings (SSSR count). The summed E-state index contributed by atoms with van der Waals surface area (Å²) in [5, 5.41) is 37.2. The molecule has 0 fully saturated rings. The number of nitrogens with zero attached hydrogens (tertiary/aromatic N) is 1. The smallest absolute Gasteiger partial charge is 0.550 e. The largest absolute Gasteiger partial charge is 1.00 e. The summed E-state index contributed by atoms with van der Waals surface area (Å²) in [6, 6.07) is 18.4. The number of hydrogen-bond donors (Lipinski definition) is 5. The third-order valence-electron chi connectivity index (χ3n) is 5.13. The Labute approximate surface area is 317 Å². The number of nitrogens with one attached hydrogen (secondary N) is 1. The molecule has 0 atom stereocenters. The zero-order chi connectivity index (χ0) is 38.5. The van der Waals surface area contributed by atoms with Crippen molar-refractivity contribution in [3.8, 4) is 17.2 Å². The number of imide groups is 1. The fourth-order valence-corrected chi connectivity index (χ4v) is 3.14. The van der Waals surface area contributed by atoms with Crippen molar-refractivity contribution in [2.24, 2.45) is 0 Å². The number of aliphatic carboxylic acids is 2. The molecule has 0 radical (unpaired) electrons. The van der Waals surface area contributed by atoms with Crippen LogP contribution in [0.25, 0.3) is 0 Å². The van der Waals surface area contributed by atoms with E-state index in [1.165, 1.54) is 55.5 Å². The molecule has 17 nitrogen and oxygen atoms in total. The predicted molar refractivity (Wildman–Crippen MR) is 176 cm³/mol. The van der Waals surface area contributed by atoms with E-state index < -0.39 is 35.8 Å². The van der Waals surface area contributed by atoms with E-state index in [9.17, 15) is 33.6 Å². The minimum Gasteiger partial charge on any atom is -0.550 e. The second kappa shape index (κ2) is 23.7. The van der Waals surface area contributed by atoms with Gasteiger partial charge < -0.3 is 45.7 Å². The molecular formula is C34H30N3NaO14. The van der Waals surface area contributed by atoms with Crippen molar-refractivity contribution < 1.29 is 97.8 Å². The van der Waals surface area contributed by atoms with Gasteiger partial charge in [0, 0.05) is 60.7 Å². The molecule has 3 amide bonds. The maximum Gasteiger partial charge on any atom is 1.00 e. The van der Waals surface area contributed by atoms with Crippen LogP contribution in [0.15, 0.2) is 109 Å². The van der Waals surface area contributed by atoms with Gasteiger partial charge >= 0.3 is 53.4 Å². The minimum atomic E-state index is -1.18. The molecule has 3 aromatic rings. The van der Waals surface area contributed by atoms with E-state index in [2.05, 4.69) is 10.1 Å². The molecule has 2 aliphatic heterocycles. The average Bonchev–Trinajstić information content (AvgIpc) is 3.61. The summed E-state index contributed by atoms with van der Waals surface area (Å²) in [5.41, 5.74) is 6.91. The van der Waals surface area contributed by atoms with Gasteiger partial charge in [0.15, 0.2) is 0 Å². The number of cyclic esters (lactones) is 2. The molecule has 0 aliphatic carbocycles. The predicted octanol–water partition coefficient (Wildman–Crippen LogP) is -1.63. The van der Waals surface area contributed by atoms with Gasteiger partial charge in [-0.25, -0.2) is 19.3 Å². The first-order chi connectivity index (χ1) is 24.0. The SMILES string of the molecule is CC(=O)Oc1ccc(N2C(=O)C=CC2=O)cc1.CC(=O)[O-].Nc1ccc(O)cc1.O=C(O)/C=C\C(=O)Nc1ccc(O)cc1.O=C1C=CC(=O)O1.[Na+]. The molecule has 0 unspecified atom stereocenters. The van der Waals surface area contributed by atoms with Crippen LogP contribution in [0.2, 0.25) is 0 Å². The standard InChI is InChI=1S/C12H9NO4.C10H9NO4.C6H7NO.C4H2O3.C2H4O2.Na/c1-8(14)17-10-4-2-9(3-5-10)13-11(15)6-7-12(13)16;12-8-3-1-7(2-4-8)11-9(13)5-6-10(14)15;7-5-1-3-6(8)4-2-5;5-3-1-2-4(6)7-3;1-2(3)4;/h2-7H,1H3;1-6,12H,(H,11,13)(H,14,15);1-4,8H,7H2;1-2H;1H3,(H,3,4);/q;;;;;+1/p-1/b;6-5-;;;;. The summed E-state index contributed by atoms with van der Waals surface area (Å²) in [7, 11) is 0. The Morgan fingerprint density at radius 2 is 1.19 bits per heavy atom. The number of amides is 3. The van der Waals surface area contributed by atoms with E-state index in [0.717, 1.165) is 36.1 Å². The Hall–Kier alpha value is -6.56. The molecule has 266 valence electrons. The van der Waals surface area contributed by atoms with Crippen LogP contribution >= 0.6 is 0 Å². The van der Waals surface area contributed by atoms with E-state index in [4.69, 9.17) is 35.7 Å². The number of ether oxygens (including phenoxy) is 2. The average molecular weight is 728 g/mol. The van der Waals surface area contributed by atoms with Crippen molar-refractivity contribution in [1.29, 1.82) is 0 Å². The summed E-state index contributed by atoms with van der Waals surface area (Å²) in [6.45, 7) is 2.27. The quantitative estimate of drug-likeness (QED) is 0.0288. The van der Waals surface area contributed by atoms with Gasteiger partial charge in [0.25, 0.3) is 11.8 Å². The Morgan fingerprint density at radius 3 is 1.56 bits per heavy atom. The number of hydrogen-bond acceptors (Lipinski definition) is 14. The first-order valence-corrected chi connectivity index (χ1v) is 14.0. The maximum atomic E-state index is 11.4. The second-order valence-corrected chi connectivity index (χ2v) is 9.30. The Bertz CT molecular complexity index is 1760. The third-order valence-corrected chi connectivity index (χ3v) is 5.13. The van der Waals surface area contributed by atoms with Crippen molar-refractivity contribution in [3.05, 3.63) is 109 Å². The molecule has 0 bridgehead atoms. The van der Waals surface area contributed by atoms with Crippen molar-refractivity contribution in [3.63, 3.8) is 0 Å². The Morgan fingerprint density at radius 1 is 0.750 bits per heavy atom. The van der Waals surface area contributed by atoms with Crippen LogP contribution in [0, 0.1) is 0 Å². The zero-order valence-corrected chi connectivity index (χ0v) is 29.7. The molecule has 0 spiro atoms. The number of phenolic OH excluding ortho intramolecular Hbond substituents is 2. The number of esters is 3. The summed E-state index contributed by atoms with van der Waals surface area (Å²) in [5.74, 6) is -4.44. The van der Waals surface area contributed by atoms with Gasteiger partial charge in [0.2, 0.25) is 5.91 Å².